The number of hydrogen-bond donors (Lipinski definition) is 2. The molecule has 112 valence electrons. The number of sulfonamides is 1. The van der Waals surface area contributed by atoms with Gasteiger partial charge in [0.2, 0.25) is 10.0 Å². The fourth-order valence-electron chi connectivity index (χ4n) is 1.58. The maximum Gasteiger partial charge on any atom is 0.336 e. The summed E-state index contributed by atoms with van der Waals surface area (Å²) in [5.74, 6) is -1.20. The van der Waals surface area contributed by atoms with Crippen LogP contribution < -0.4 is 4.72 Å². The number of aryl methyl sites for hydroxylation is 1. The average Bonchev–Trinajstić information content (AvgIpc) is 2.82. The van der Waals surface area contributed by atoms with Crippen molar-refractivity contribution in [2.45, 2.75) is 18.4 Å². The number of aromatic nitrogens is 1. The minimum absolute atomic E-state index is 0.0923. The zero-order valence-corrected chi connectivity index (χ0v) is 14.0. The SMILES string of the molecule is Cc1ncsc1CNS(=O)(=O)c1ccc(Br)c(C(=O)O)c1. The first-order chi connectivity index (χ1) is 9.81. The van der Waals surface area contributed by atoms with Gasteiger partial charge < -0.3 is 5.11 Å². The largest absolute Gasteiger partial charge is 0.478 e. The van der Waals surface area contributed by atoms with Crippen LogP contribution in [0.25, 0.3) is 0 Å². The van der Waals surface area contributed by atoms with Gasteiger partial charge in [0.1, 0.15) is 0 Å². The smallest absolute Gasteiger partial charge is 0.336 e. The van der Waals surface area contributed by atoms with Crippen LogP contribution in [0.15, 0.2) is 33.1 Å². The highest BCUT2D eigenvalue weighted by molar-refractivity contribution is 9.10. The van der Waals surface area contributed by atoms with Crippen LogP contribution in [0.5, 0.6) is 0 Å². The third-order valence-electron chi connectivity index (χ3n) is 2.75. The monoisotopic (exact) mass is 390 g/mol. The summed E-state index contributed by atoms with van der Waals surface area (Å²) >= 11 is 4.43. The molecule has 21 heavy (non-hydrogen) atoms. The number of nitrogens with zero attached hydrogens (tertiary/aromatic N) is 1. The third-order valence-corrected chi connectivity index (χ3v) is 5.77. The van der Waals surface area contributed by atoms with Crippen molar-refractivity contribution in [1.82, 2.24) is 9.71 Å². The molecule has 2 aromatic rings. The lowest BCUT2D eigenvalue weighted by molar-refractivity contribution is 0.0695. The molecule has 0 saturated heterocycles. The van der Waals surface area contributed by atoms with Crippen LogP contribution in [0.4, 0.5) is 0 Å². The van der Waals surface area contributed by atoms with Gasteiger partial charge in [0, 0.05) is 15.9 Å². The van der Waals surface area contributed by atoms with Crippen molar-refractivity contribution >= 4 is 43.3 Å². The maximum absolute atomic E-state index is 12.2. The van der Waals surface area contributed by atoms with Gasteiger partial charge in [-0.1, -0.05) is 0 Å². The Morgan fingerprint density at radius 3 is 2.76 bits per heavy atom. The molecule has 2 N–H and O–H groups in total. The molecule has 1 aromatic heterocycles. The highest BCUT2D eigenvalue weighted by Gasteiger charge is 2.18. The Morgan fingerprint density at radius 2 is 2.19 bits per heavy atom. The van der Waals surface area contributed by atoms with Gasteiger partial charge >= 0.3 is 5.97 Å². The number of carboxylic acids is 1. The zero-order valence-electron chi connectivity index (χ0n) is 10.8. The van der Waals surface area contributed by atoms with Crippen molar-refractivity contribution in [2.75, 3.05) is 0 Å². The summed E-state index contributed by atoms with van der Waals surface area (Å²) in [6, 6.07) is 3.86. The molecular weight excluding hydrogens is 380 g/mol. The molecule has 0 bridgehead atoms. The topological polar surface area (TPSA) is 96.4 Å². The Balaban J connectivity index is 2.26. The molecule has 0 fully saturated rings. The van der Waals surface area contributed by atoms with Gasteiger partial charge in [0.05, 0.1) is 21.7 Å². The number of thiazole rings is 1. The highest BCUT2D eigenvalue weighted by atomic mass is 79.9. The van der Waals surface area contributed by atoms with Crippen LogP contribution in [0.2, 0.25) is 0 Å². The molecule has 2 rings (SSSR count). The first kappa shape index (κ1) is 16.1. The summed E-state index contributed by atoms with van der Waals surface area (Å²) in [4.78, 5) is 15.8. The minimum Gasteiger partial charge on any atom is -0.478 e. The molecule has 0 atom stereocenters. The van der Waals surface area contributed by atoms with Crippen molar-refractivity contribution in [1.29, 1.82) is 0 Å². The number of rotatable bonds is 5. The molecule has 1 heterocycles. The van der Waals surface area contributed by atoms with Crippen molar-refractivity contribution in [2.24, 2.45) is 0 Å². The van der Waals surface area contributed by atoms with E-state index in [1.165, 1.54) is 23.5 Å². The second-order valence-corrected chi connectivity index (χ2v) is 7.69. The summed E-state index contributed by atoms with van der Waals surface area (Å²) < 4.78 is 27.1. The maximum atomic E-state index is 12.2. The van der Waals surface area contributed by atoms with Gasteiger partial charge in [-0.2, -0.15) is 0 Å². The fourth-order valence-corrected chi connectivity index (χ4v) is 3.82. The molecule has 0 aliphatic heterocycles. The molecule has 6 nitrogen and oxygen atoms in total. The van der Waals surface area contributed by atoms with Crippen LogP contribution in [-0.4, -0.2) is 24.5 Å². The predicted molar refractivity (Wildman–Crippen MR) is 82.0 cm³/mol. The lowest BCUT2D eigenvalue weighted by atomic mass is 10.2. The summed E-state index contributed by atoms with van der Waals surface area (Å²) in [6.07, 6.45) is 0. The van der Waals surface area contributed by atoms with Crippen molar-refractivity contribution < 1.29 is 18.3 Å². The second kappa shape index (κ2) is 6.22. The molecule has 9 heteroatoms. The van der Waals surface area contributed by atoms with Crippen molar-refractivity contribution in [3.63, 3.8) is 0 Å². The Kier molecular flexibility index (Phi) is 4.77. The molecular formula is C12H11BrN2O4S2. The lowest BCUT2D eigenvalue weighted by Crippen LogP contribution is -2.23. The van der Waals surface area contributed by atoms with Gasteiger partial charge in [-0.15, -0.1) is 11.3 Å². The first-order valence-corrected chi connectivity index (χ1v) is 8.88. The summed E-state index contributed by atoms with van der Waals surface area (Å²) in [5.41, 5.74) is 2.30. The molecule has 0 aliphatic rings. The fraction of sp³-hybridized carbons (Fsp3) is 0.167. The molecule has 0 saturated carbocycles. The van der Waals surface area contributed by atoms with Gasteiger partial charge in [-0.05, 0) is 41.1 Å². The standard InChI is InChI=1S/C12H11BrN2O4S2/c1-7-11(20-6-14-7)5-15-21(18,19)8-2-3-10(13)9(4-8)12(16)17/h2-4,6,15H,5H2,1H3,(H,16,17). The molecule has 0 spiro atoms. The van der Waals surface area contributed by atoms with E-state index in [4.69, 9.17) is 5.11 Å². The molecule has 1 aromatic carbocycles. The molecule has 0 aliphatic carbocycles. The van der Waals surface area contributed by atoms with Crippen LogP contribution in [0.3, 0.4) is 0 Å². The first-order valence-electron chi connectivity index (χ1n) is 5.73. The van der Waals surface area contributed by atoms with Gasteiger partial charge in [0.25, 0.3) is 0 Å². The van der Waals surface area contributed by atoms with E-state index < -0.39 is 16.0 Å². The normalized spacial score (nSPS) is 11.5. The highest BCUT2D eigenvalue weighted by Crippen LogP contribution is 2.21. The number of aromatic carboxylic acids is 1. The Hall–Kier alpha value is -1.29. The van der Waals surface area contributed by atoms with E-state index in [9.17, 15) is 13.2 Å². The number of carbonyl (C=O) groups is 1. The Morgan fingerprint density at radius 1 is 1.48 bits per heavy atom. The number of benzene rings is 1. The molecule has 0 radical (unpaired) electrons. The number of carboxylic acid groups (broad SMARTS) is 1. The van der Waals surface area contributed by atoms with Crippen LogP contribution >= 0.6 is 27.3 Å². The van der Waals surface area contributed by atoms with Crippen LogP contribution in [0, 0.1) is 6.92 Å². The van der Waals surface area contributed by atoms with Gasteiger partial charge in [-0.3, -0.25) is 0 Å². The molecule has 0 amide bonds. The quantitative estimate of drug-likeness (QED) is 0.816. The predicted octanol–water partition coefficient (Wildman–Crippen LogP) is 2.39. The van der Waals surface area contributed by atoms with E-state index in [1.54, 1.807) is 12.4 Å². The van der Waals surface area contributed by atoms with E-state index in [1.807, 2.05) is 0 Å². The van der Waals surface area contributed by atoms with Gasteiger partial charge in [0.15, 0.2) is 0 Å². The van der Waals surface area contributed by atoms with E-state index >= 15 is 0 Å². The third kappa shape index (κ3) is 3.67. The molecule has 0 unspecified atom stereocenters. The number of hydrogen-bond acceptors (Lipinski definition) is 5. The van der Waals surface area contributed by atoms with Crippen LogP contribution in [-0.2, 0) is 16.6 Å². The van der Waals surface area contributed by atoms with E-state index in [-0.39, 0.29) is 17.0 Å². The Labute approximate surface area is 134 Å². The summed E-state index contributed by atoms with van der Waals surface area (Å²) in [7, 11) is -3.78. The van der Waals surface area contributed by atoms with Crippen LogP contribution in [0.1, 0.15) is 20.9 Å². The van der Waals surface area contributed by atoms with E-state index in [2.05, 4.69) is 25.6 Å². The Bertz CT molecular complexity index is 786. The summed E-state index contributed by atoms with van der Waals surface area (Å²) in [6.45, 7) is 1.92. The average molecular weight is 391 g/mol. The lowest BCUT2D eigenvalue weighted by Gasteiger charge is -2.08. The minimum atomic E-state index is -3.78. The van der Waals surface area contributed by atoms with Gasteiger partial charge in [-0.25, -0.2) is 22.9 Å². The van der Waals surface area contributed by atoms with Crippen molar-refractivity contribution in [3.8, 4) is 0 Å². The number of halogens is 1. The van der Waals surface area contributed by atoms with Crippen molar-refractivity contribution in [3.05, 3.63) is 44.3 Å². The van der Waals surface area contributed by atoms with E-state index in [0.717, 1.165) is 16.6 Å². The van der Waals surface area contributed by atoms with E-state index in [0.29, 0.717) is 4.47 Å². The zero-order chi connectivity index (χ0) is 15.6. The summed E-state index contributed by atoms with van der Waals surface area (Å²) in [5, 5.41) is 9.02. The second-order valence-electron chi connectivity index (χ2n) is 4.13. The number of nitrogens with one attached hydrogen (secondary N) is 1.